The first-order valence-electron chi connectivity index (χ1n) is 21.5. The second-order valence-electron chi connectivity index (χ2n) is 21.4. The predicted molar refractivity (Wildman–Crippen MR) is 222 cm³/mol. The SMILES string of the molecule is CC(C)C1=C2[C@H]3CC[C@@H]4[C@@]5(C)CC[C@H](OC(=O)CC(C)(C)C(=O)O)C(C)(C)[C@@H]5CC[C@@]4(C)[C@]3(C)CC[C@@]2([C@H](O)CNCc2ccc(Cl)cc2CN(C)C)CC1=O. The van der Waals surface area contributed by atoms with Crippen molar-refractivity contribution in [2.24, 2.45) is 56.2 Å². The van der Waals surface area contributed by atoms with Crippen LogP contribution in [0.2, 0.25) is 5.02 Å². The van der Waals surface area contributed by atoms with Crippen LogP contribution in [0, 0.1) is 56.2 Å². The number of ether oxygens (including phenoxy) is 1. The number of rotatable bonds is 12. The van der Waals surface area contributed by atoms with Crippen LogP contribution in [-0.4, -0.2) is 65.7 Å². The minimum atomic E-state index is -1.17. The van der Waals surface area contributed by atoms with Crippen LogP contribution in [-0.2, 0) is 32.2 Å². The van der Waals surface area contributed by atoms with Crippen molar-refractivity contribution in [3.8, 4) is 0 Å². The molecule has 4 fully saturated rings. The van der Waals surface area contributed by atoms with Gasteiger partial charge in [0.15, 0.2) is 5.78 Å². The molecule has 4 saturated carbocycles. The van der Waals surface area contributed by atoms with Crippen molar-refractivity contribution in [3.63, 3.8) is 0 Å². The zero-order valence-corrected chi connectivity index (χ0v) is 37.0. The van der Waals surface area contributed by atoms with E-state index < -0.39 is 28.9 Å². The number of ketones is 1. The molecule has 3 N–H and O–H groups in total. The number of carboxylic acid groups (broad SMARTS) is 1. The number of Topliss-reactive ketones (excluding diaryl/α,β-unsaturated/α-hetero) is 1. The van der Waals surface area contributed by atoms with Gasteiger partial charge in [-0.25, -0.2) is 0 Å². The standard InChI is InChI=1S/C47H71ClN2O6/c1-28(2)39-33(51)23-47(36(52)26-49-25-29-12-13-31(48)22-30(29)27-50(10)11)21-20-45(8)32(40(39)47)14-15-35-44(7)18-17-37(56-38(53)24-42(3,4)41(54)55)43(5,6)34(44)16-19-46(35,45)9/h12-13,22,28,32,34-37,49,52H,14-21,23-27H2,1-11H3,(H,54,55)/t32-,34+,35-,36-,37+,44+,45-,46-,47+/m1/s1. The molecule has 56 heavy (non-hydrogen) atoms. The summed E-state index contributed by atoms with van der Waals surface area (Å²) in [4.78, 5) is 41.2. The van der Waals surface area contributed by atoms with Crippen molar-refractivity contribution in [1.29, 1.82) is 0 Å². The van der Waals surface area contributed by atoms with Crippen LogP contribution in [0.5, 0.6) is 0 Å². The smallest absolute Gasteiger partial charge is 0.309 e. The van der Waals surface area contributed by atoms with Crippen LogP contribution in [0.15, 0.2) is 29.3 Å². The van der Waals surface area contributed by atoms with Gasteiger partial charge in [0, 0.05) is 41.9 Å². The summed E-state index contributed by atoms with van der Waals surface area (Å²) in [6.45, 7) is 21.5. The van der Waals surface area contributed by atoms with Crippen molar-refractivity contribution in [3.05, 3.63) is 45.5 Å². The Morgan fingerprint density at radius 3 is 2.30 bits per heavy atom. The first-order chi connectivity index (χ1) is 25.9. The molecule has 9 atom stereocenters. The lowest BCUT2D eigenvalue weighted by atomic mass is 9.33. The van der Waals surface area contributed by atoms with Crippen LogP contribution in [0.25, 0.3) is 0 Å². The Bertz CT molecular complexity index is 1750. The number of hydrogen-bond donors (Lipinski definition) is 3. The van der Waals surface area contributed by atoms with E-state index in [4.69, 9.17) is 16.3 Å². The zero-order chi connectivity index (χ0) is 41.4. The van der Waals surface area contributed by atoms with E-state index in [9.17, 15) is 24.6 Å². The lowest BCUT2D eigenvalue weighted by Gasteiger charge is -2.72. The summed E-state index contributed by atoms with van der Waals surface area (Å²) >= 11 is 6.37. The summed E-state index contributed by atoms with van der Waals surface area (Å²) in [6.07, 6.45) is 7.09. The van der Waals surface area contributed by atoms with Crippen LogP contribution < -0.4 is 5.32 Å². The number of carbonyl (C=O) groups excluding carboxylic acids is 2. The van der Waals surface area contributed by atoms with E-state index in [2.05, 4.69) is 78.8 Å². The lowest BCUT2D eigenvalue weighted by molar-refractivity contribution is -0.235. The Morgan fingerprint density at radius 1 is 0.964 bits per heavy atom. The Balaban J connectivity index is 1.25. The fourth-order valence-corrected chi connectivity index (χ4v) is 13.9. The maximum atomic E-state index is 14.2. The highest BCUT2D eigenvalue weighted by Gasteiger charge is 2.70. The summed E-state index contributed by atoms with van der Waals surface area (Å²) in [5.74, 6) is -0.00510. The van der Waals surface area contributed by atoms with Crippen molar-refractivity contribution in [1.82, 2.24) is 10.2 Å². The quantitative estimate of drug-likeness (QED) is 0.180. The van der Waals surface area contributed by atoms with Gasteiger partial charge >= 0.3 is 11.9 Å². The number of carboxylic acids is 1. The number of aliphatic hydroxyl groups is 1. The van der Waals surface area contributed by atoms with Crippen LogP contribution in [0.3, 0.4) is 0 Å². The largest absolute Gasteiger partial charge is 0.481 e. The number of carbonyl (C=O) groups is 3. The summed E-state index contributed by atoms with van der Waals surface area (Å²) in [6, 6.07) is 6.03. The topological polar surface area (TPSA) is 116 Å². The number of esters is 1. The van der Waals surface area contributed by atoms with Crippen LogP contribution in [0.1, 0.15) is 138 Å². The minimum Gasteiger partial charge on any atom is -0.481 e. The van der Waals surface area contributed by atoms with Crippen molar-refractivity contribution in [2.75, 3.05) is 20.6 Å². The van der Waals surface area contributed by atoms with Gasteiger partial charge in [0.1, 0.15) is 6.10 Å². The maximum Gasteiger partial charge on any atom is 0.309 e. The molecule has 0 aromatic heterocycles. The predicted octanol–water partition coefficient (Wildman–Crippen LogP) is 9.25. The number of benzene rings is 1. The van der Waals surface area contributed by atoms with Crippen LogP contribution >= 0.6 is 11.6 Å². The van der Waals surface area contributed by atoms with E-state index in [1.54, 1.807) is 13.8 Å². The third-order valence-electron chi connectivity index (χ3n) is 16.8. The molecule has 5 aliphatic carbocycles. The lowest BCUT2D eigenvalue weighted by Crippen LogP contribution is -2.66. The van der Waals surface area contributed by atoms with Crippen molar-refractivity contribution < 1.29 is 29.3 Å². The molecule has 0 radical (unpaired) electrons. The molecule has 9 heteroatoms. The number of halogens is 1. The summed E-state index contributed by atoms with van der Waals surface area (Å²) in [7, 11) is 4.10. The first kappa shape index (κ1) is 43.3. The molecule has 0 amide bonds. The highest BCUT2D eigenvalue weighted by Crippen LogP contribution is 2.77. The van der Waals surface area contributed by atoms with E-state index in [1.165, 1.54) is 11.1 Å². The molecule has 0 unspecified atom stereocenters. The fraction of sp³-hybridized carbons (Fsp3) is 0.766. The average Bonchev–Trinajstić information content (AvgIpc) is 3.40. The van der Waals surface area contributed by atoms with Gasteiger partial charge in [-0.15, -0.1) is 0 Å². The van der Waals surface area contributed by atoms with E-state index in [0.717, 1.165) is 74.1 Å². The third-order valence-corrected chi connectivity index (χ3v) is 17.0. The number of nitrogens with one attached hydrogen (secondary N) is 1. The second-order valence-corrected chi connectivity index (χ2v) is 21.8. The molecular weight excluding hydrogens is 724 g/mol. The molecule has 5 aliphatic rings. The van der Waals surface area contributed by atoms with Gasteiger partial charge in [0.2, 0.25) is 0 Å². The Morgan fingerprint density at radius 2 is 1.66 bits per heavy atom. The molecule has 1 aromatic rings. The minimum absolute atomic E-state index is 0.0269. The van der Waals surface area contributed by atoms with Gasteiger partial charge in [-0.2, -0.15) is 0 Å². The Labute approximate surface area is 341 Å². The number of allylic oxidation sites excluding steroid dienone is 1. The average molecular weight is 796 g/mol. The number of hydrogen-bond acceptors (Lipinski definition) is 7. The van der Waals surface area contributed by atoms with E-state index >= 15 is 0 Å². The number of aliphatic carboxylic acids is 1. The zero-order valence-electron chi connectivity index (χ0n) is 36.2. The van der Waals surface area contributed by atoms with E-state index in [-0.39, 0.29) is 51.8 Å². The highest BCUT2D eigenvalue weighted by atomic mass is 35.5. The van der Waals surface area contributed by atoms with Gasteiger partial charge in [-0.05, 0) is 148 Å². The van der Waals surface area contributed by atoms with Gasteiger partial charge < -0.3 is 25.2 Å². The first-order valence-corrected chi connectivity index (χ1v) is 21.8. The van der Waals surface area contributed by atoms with Gasteiger partial charge in [-0.1, -0.05) is 71.7 Å². The van der Waals surface area contributed by atoms with E-state index in [0.29, 0.717) is 31.3 Å². The number of nitrogens with zero attached hydrogens (tertiary/aromatic N) is 1. The van der Waals surface area contributed by atoms with E-state index in [1.807, 2.05) is 12.1 Å². The summed E-state index contributed by atoms with van der Waals surface area (Å²) in [5.41, 5.74) is 2.70. The molecule has 312 valence electrons. The number of fused-ring (bicyclic) bond motifs is 7. The normalized spacial score (nSPS) is 35.8. The van der Waals surface area contributed by atoms with Gasteiger partial charge in [0.05, 0.1) is 17.9 Å². The summed E-state index contributed by atoms with van der Waals surface area (Å²) < 4.78 is 6.18. The Hall–Kier alpha value is -2.26. The molecule has 0 heterocycles. The third kappa shape index (κ3) is 7.02. The second kappa shape index (κ2) is 15.1. The van der Waals surface area contributed by atoms with Gasteiger partial charge in [-0.3, -0.25) is 14.4 Å². The maximum absolute atomic E-state index is 14.2. The highest BCUT2D eigenvalue weighted by molar-refractivity contribution is 6.30. The molecule has 0 spiro atoms. The van der Waals surface area contributed by atoms with Crippen molar-refractivity contribution >= 4 is 29.3 Å². The summed E-state index contributed by atoms with van der Waals surface area (Å²) in [5, 5.41) is 26.3. The number of aliphatic hydroxyl groups excluding tert-OH is 1. The fourth-order valence-electron chi connectivity index (χ4n) is 13.7. The molecular formula is C47H71ClN2O6. The molecule has 8 nitrogen and oxygen atoms in total. The molecule has 0 aliphatic heterocycles. The van der Waals surface area contributed by atoms with Crippen molar-refractivity contribution in [2.45, 2.75) is 152 Å². The van der Waals surface area contributed by atoms with Crippen LogP contribution in [0.4, 0.5) is 0 Å². The monoisotopic (exact) mass is 795 g/mol. The molecule has 6 rings (SSSR count). The van der Waals surface area contributed by atoms with Gasteiger partial charge in [0.25, 0.3) is 0 Å². The molecule has 1 aromatic carbocycles. The Kier molecular flexibility index (Phi) is 11.7. The molecule has 0 bridgehead atoms. The molecule has 0 saturated heterocycles.